The molecule has 0 aliphatic heterocycles. The second kappa shape index (κ2) is 17.8. The predicted octanol–water partition coefficient (Wildman–Crippen LogP) is 19.7. The topological polar surface area (TPSA) is 32.8 Å². The fourth-order valence-electron chi connectivity index (χ4n) is 10.3. The molecule has 13 aromatic rings. The van der Waals surface area contributed by atoms with Crippen molar-refractivity contribution >= 4 is 89.6 Å². The van der Waals surface area contributed by atoms with Gasteiger partial charge < -0.3 is 18.6 Å². The summed E-state index contributed by atoms with van der Waals surface area (Å²) < 4.78 is 12.9. The van der Waals surface area contributed by atoms with Crippen LogP contribution in [0, 0.1) is 0 Å². The number of fused-ring (bicyclic) bond motifs is 6. The molecule has 13 rings (SSSR count). The van der Waals surface area contributed by atoms with Crippen LogP contribution in [0.1, 0.15) is 0 Å². The molecule has 2 aromatic heterocycles. The summed E-state index contributed by atoms with van der Waals surface area (Å²) in [4.78, 5) is 4.76. The van der Waals surface area contributed by atoms with Crippen molar-refractivity contribution in [3.8, 4) is 44.5 Å². The highest BCUT2D eigenvalue weighted by Crippen LogP contribution is 2.52. The van der Waals surface area contributed by atoms with Gasteiger partial charge in [0, 0.05) is 71.6 Å². The minimum Gasteiger partial charge on any atom is -0.456 e. The van der Waals surface area contributed by atoms with Gasteiger partial charge in [0.2, 0.25) is 0 Å². The largest absolute Gasteiger partial charge is 0.456 e. The van der Waals surface area contributed by atoms with Crippen LogP contribution in [0.5, 0.6) is 0 Å². The van der Waals surface area contributed by atoms with Crippen LogP contribution in [-0.2, 0) is 0 Å². The molecule has 0 N–H and O–H groups in total. The van der Waals surface area contributed by atoms with Crippen LogP contribution in [0.3, 0.4) is 0 Å². The quantitative estimate of drug-likeness (QED) is 0.137. The van der Waals surface area contributed by atoms with E-state index in [9.17, 15) is 0 Å². The molecule has 0 unspecified atom stereocenters. The van der Waals surface area contributed by atoms with E-state index in [1.54, 1.807) is 0 Å². The number of nitrogens with zero attached hydrogens (tertiary/aromatic N) is 2. The number of halogens is 1. The third-order valence-corrected chi connectivity index (χ3v) is 13.7. The van der Waals surface area contributed by atoms with Crippen molar-refractivity contribution in [1.82, 2.24) is 0 Å². The van der Waals surface area contributed by atoms with Gasteiger partial charge in [0.15, 0.2) is 0 Å². The van der Waals surface area contributed by atoms with Gasteiger partial charge in [0.05, 0.1) is 11.4 Å². The van der Waals surface area contributed by atoms with Crippen molar-refractivity contribution < 1.29 is 8.83 Å². The highest BCUT2D eigenvalue weighted by molar-refractivity contribution is 6.31. The molecule has 5 heteroatoms. The van der Waals surface area contributed by atoms with Crippen molar-refractivity contribution in [2.75, 3.05) is 9.80 Å². The number of para-hydroxylation sites is 4. The Bertz CT molecular complexity index is 3690. The fourth-order valence-corrected chi connectivity index (χ4v) is 10.5. The van der Waals surface area contributed by atoms with Crippen LogP contribution in [-0.4, -0.2) is 0 Å². The summed E-state index contributed by atoms with van der Waals surface area (Å²) in [6.45, 7) is 0. The zero-order chi connectivity index (χ0) is 47.3. The molecule has 0 saturated carbocycles. The summed E-state index contributed by atoms with van der Waals surface area (Å²) in [7, 11) is 0. The Morgan fingerprint density at radius 2 is 0.577 bits per heavy atom. The number of anilines is 6. The van der Waals surface area contributed by atoms with Crippen LogP contribution in [0.2, 0.25) is 5.02 Å². The second-order valence-corrected chi connectivity index (χ2v) is 18.2. The van der Waals surface area contributed by atoms with Crippen LogP contribution >= 0.6 is 11.6 Å². The van der Waals surface area contributed by atoms with E-state index >= 15 is 0 Å². The number of hydrogen-bond donors (Lipinski definition) is 0. The summed E-state index contributed by atoms with van der Waals surface area (Å²) >= 11 is 7.64. The number of benzene rings is 11. The van der Waals surface area contributed by atoms with Gasteiger partial charge in [-0.15, -0.1) is 0 Å². The molecule has 0 spiro atoms. The zero-order valence-electron chi connectivity index (χ0n) is 38.4. The van der Waals surface area contributed by atoms with Crippen molar-refractivity contribution in [2.24, 2.45) is 0 Å². The van der Waals surface area contributed by atoms with Crippen molar-refractivity contribution in [2.45, 2.75) is 0 Å². The fraction of sp³-hybridized carbons (Fsp3) is 0. The zero-order valence-corrected chi connectivity index (χ0v) is 39.2. The standard InChI is InChI=1S/C66H43ClN2O2/c67-48-39-51(68(49-35-37-63-59(42-49)57-27-13-15-33-61(57)70-63)65-53(44-19-5-1-6-20-44)29-17-30-54(65)45-21-7-2-8-22-45)41-52(40-48)69(50-36-38-64-60(43-50)58-28-14-16-34-62(58)71-64)66-55(46-23-9-3-10-24-46)31-18-32-56(66)47-25-11-4-12-26-47/h1-43H. The Kier molecular flexibility index (Phi) is 10.5. The summed E-state index contributed by atoms with van der Waals surface area (Å²) in [6, 6.07) is 91.8. The molecule has 0 atom stereocenters. The molecule has 0 aliphatic carbocycles. The highest BCUT2D eigenvalue weighted by atomic mass is 35.5. The Morgan fingerprint density at radius 1 is 0.254 bits per heavy atom. The lowest BCUT2D eigenvalue weighted by Crippen LogP contribution is -2.16. The van der Waals surface area contributed by atoms with Crippen molar-refractivity contribution in [1.29, 1.82) is 0 Å². The lowest BCUT2D eigenvalue weighted by Gasteiger charge is -2.33. The monoisotopic (exact) mass is 930 g/mol. The van der Waals surface area contributed by atoms with Crippen LogP contribution in [0.25, 0.3) is 88.4 Å². The first-order chi connectivity index (χ1) is 35.1. The van der Waals surface area contributed by atoms with Crippen molar-refractivity contribution in [3.63, 3.8) is 0 Å². The molecule has 0 fully saturated rings. The number of furan rings is 2. The van der Waals surface area contributed by atoms with E-state index in [2.05, 4.69) is 246 Å². The summed E-state index contributed by atoms with van der Waals surface area (Å²) in [5.74, 6) is 0. The maximum Gasteiger partial charge on any atom is 0.135 e. The maximum absolute atomic E-state index is 7.64. The van der Waals surface area contributed by atoms with Gasteiger partial charge in [-0.3, -0.25) is 0 Å². The lowest BCUT2D eigenvalue weighted by molar-refractivity contribution is 0.668. The number of rotatable bonds is 10. The normalized spacial score (nSPS) is 11.5. The molecule has 0 saturated heterocycles. The van der Waals surface area contributed by atoms with Crippen LogP contribution in [0.15, 0.2) is 270 Å². The summed E-state index contributed by atoms with van der Waals surface area (Å²) in [6.07, 6.45) is 0. The van der Waals surface area contributed by atoms with Gasteiger partial charge in [-0.25, -0.2) is 0 Å². The van der Waals surface area contributed by atoms with Gasteiger partial charge in [0.25, 0.3) is 0 Å². The third-order valence-electron chi connectivity index (χ3n) is 13.5. The summed E-state index contributed by atoms with van der Waals surface area (Å²) in [5, 5.41) is 4.73. The lowest BCUT2D eigenvalue weighted by atomic mass is 9.93. The first-order valence-corrected chi connectivity index (χ1v) is 24.2. The maximum atomic E-state index is 7.64. The van der Waals surface area contributed by atoms with Gasteiger partial charge in [-0.1, -0.05) is 206 Å². The van der Waals surface area contributed by atoms with Crippen LogP contribution < -0.4 is 9.80 Å². The summed E-state index contributed by atoms with van der Waals surface area (Å²) in [5.41, 5.74) is 17.6. The first kappa shape index (κ1) is 42.0. The average Bonchev–Trinajstić information content (AvgIpc) is 4.00. The Morgan fingerprint density at radius 3 is 0.944 bits per heavy atom. The van der Waals surface area contributed by atoms with E-state index in [-0.39, 0.29) is 0 Å². The van der Waals surface area contributed by atoms with Gasteiger partial charge in [-0.2, -0.15) is 0 Å². The molecular formula is C66H43ClN2O2. The van der Waals surface area contributed by atoms with Gasteiger partial charge in [0.1, 0.15) is 22.3 Å². The molecule has 11 aromatic carbocycles. The molecule has 0 amide bonds. The minimum absolute atomic E-state index is 0.578. The third kappa shape index (κ3) is 7.59. The Hall–Kier alpha value is -9.09. The molecule has 0 radical (unpaired) electrons. The SMILES string of the molecule is Clc1cc(N(c2ccc3oc4ccccc4c3c2)c2c(-c3ccccc3)cccc2-c2ccccc2)cc(N(c2ccc3oc4ccccc4c3c2)c2c(-c3ccccc3)cccc2-c2ccccc2)c1. The minimum atomic E-state index is 0.578. The second-order valence-electron chi connectivity index (χ2n) is 17.8. The highest BCUT2D eigenvalue weighted by Gasteiger charge is 2.27. The van der Waals surface area contributed by atoms with E-state index in [4.69, 9.17) is 20.4 Å². The van der Waals surface area contributed by atoms with Crippen molar-refractivity contribution in [3.05, 3.63) is 266 Å². The van der Waals surface area contributed by atoms with Crippen LogP contribution in [0.4, 0.5) is 34.1 Å². The Balaban J connectivity index is 1.13. The molecule has 0 aliphatic rings. The van der Waals surface area contributed by atoms with E-state index in [0.29, 0.717) is 5.02 Å². The van der Waals surface area contributed by atoms with E-state index in [1.165, 1.54) is 0 Å². The Labute approximate surface area is 416 Å². The smallest absolute Gasteiger partial charge is 0.135 e. The molecule has 71 heavy (non-hydrogen) atoms. The van der Waals surface area contributed by atoms with Gasteiger partial charge >= 0.3 is 0 Å². The van der Waals surface area contributed by atoms with E-state index in [0.717, 1.165) is 123 Å². The molecular weight excluding hydrogens is 888 g/mol. The average molecular weight is 932 g/mol. The first-order valence-electron chi connectivity index (χ1n) is 23.8. The number of hydrogen-bond acceptors (Lipinski definition) is 4. The predicted molar refractivity (Wildman–Crippen MR) is 297 cm³/mol. The molecule has 4 nitrogen and oxygen atoms in total. The van der Waals surface area contributed by atoms with E-state index < -0.39 is 0 Å². The van der Waals surface area contributed by atoms with Gasteiger partial charge in [-0.05, 0) is 89.0 Å². The molecule has 336 valence electrons. The van der Waals surface area contributed by atoms with E-state index in [1.807, 2.05) is 24.3 Å². The molecule has 0 bridgehead atoms. The molecule has 2 heterocycles.